The molecule has 3 aromatic rings. The van der Waals surface area contributed by atoms with Gasteiger partial charge in [0.05, 0.1) is 6.54 Å². The van der Waals surface area contributed by atoms with Crippen LogP contribution in [0.3, 0.4) is 0 Å². The van der Waals surface area contributed by atoms with Gasteiger partial charge in [-0.1, -0.05) is 29.3 Å². The first-order valence-electron chi connectivity index (χ1n) is 8.72. The van der Waals surface area contributed by atoms with Crippen LogP contribution in [-0.2, 0) is 20.6 Å². The third kappa shape index (κ3) is 3.67. The Morgan fingerprint density at radius 3 is 2.57 bits per heavy atom. The van der Waals surface area contributed by atoms with E-state index < -0.39 is 11.2 Å². The maximum Gasteiger partial charge on any atom is 0.332 e. The Hall–Kier alpha value is -2.29. The highest BCUT2D eigenvalue weighted by Crippen LogP contribution is 2.25. The van der Waals surface area contributed by atoms with E-state index >= 15 is 0 Å². The number of hydrogen-bond donors (Lipinski definition) is 2. The summed E-state index contributed by atoms with van der Waals surface area (Å²) in [6.45, 7) is 2.16. The summed E-state index contributed by atoms with van der Waals surface area (Å²) in [7, 11) is 3.00. The number of fused-ring (bicyclic) bond motifs is 1. The quantitative estimate of drug-likeness (QED) is 0.629. The summed E-state index contributed by atoms with van der Waals surface area (Å²) >= 11 is 12.3. The third-order valence-corrected chi connectivity index (χ3v) is 5.22. The fraction of sp³-hybridized carbons (Fsp3) is 0.389. The highest BCUT2D eigenvalue weighted by molar-refractivity contribution is 6.35. The van der Waals surface area contributed by atoms with Gasteiger partial charge in [-0.2, -0.15) is 4.98 Å². The largest absolute Gasteiger partial charge is 0.396 e. The molecule has 10 heteroatoms. The van der Waals surface area contributed by atoms with Crippen LogP contribution in [0.1, 0.15) is 18.9 Å². The number of aromatic nitrogens is 4. The van der Waals surface area contributed by atoms with E-state index in [0.29, 0.717) is 22.4 Å². The normalized spacial score (nSPS) is 12.5. The maximum atomic E-state index is 12.8. The van der Waals surface area contributed by atoms with E-state index in [-0.39, 0.29) is 30.4 Å². The van der Waals surface area contributed by atoms with E-state index in [9.17, 15) is 14.7 Å². The molecule has 2 heterocycles. The molecule has 28 heavy (non-hydrogen) atoms. The van der Waals surface area contributed by atoms with Crippen molar-refractivity contribution < 1.29 is 5.11 Å². The zero-order valence-corrected chi connectivity index (χ0v) is 17.3. The minimum Gasteiger partial charge on any atom is -0.396 e. The summed E-state index contributed by atoms with van der Waals surface area (Å²) in [4.78, 5) is 29.6. The van der Waals surface area contributed by atoms with Crippen molar-refractivity contribution in [1.29, 1.82) is 0 Å². The van der Waals surface area contributed by atoms with Crippen molar-refractivity contribution in [2.45, 2.75) is 25.9 Å². The number of aryl methyl sites for hydroxylation is 1. The zero-order valence-electron chi connectivity index (χ0n) is 15.7. The van der Waals surface area contributed by atoms with E-state index in [0.717, 1.165) is 10.1 Å². The lowest BCUT2D eigenvalue weighted by Gasteiger charge is -2.16. The lowest BCUT2D eigenvalue weighted by Crippen LogP contribution is -2.37. The van der Waals surface area contributed by atoms with E-state index in [2.05, 4.69) is 10.3 Å². The third-order valence-electron chi connectivity index (χ3n) is 4.63. The SMILES string of the molecule is C[C@@H](CCO)Nc1nc2c(c(=O)n(C)c(=O)n2C)n1Cc1ccc(Cl)cc1Cl. The molecule has 8 nitrogen and oxygen atoms in total. The monoisotopic (exact) mass is 425 g/mol. The van der Waals surface area contributed by atoms with Gasteiger partial charge in [0.15, 0.2) is 11.2 Å². The number of halogens is 2. The molecular weight excluding hydrogens is 405 g/mol. The molecule has 1 aromatic carbocycles. The van der Waals surface area contributed by atoms with Crippen molar-refractivity contribution in [1.82, 2.24) is 18.7 Å². The predicted molar refractivity (Wildman–Crippen MR) is 111 cm³/mol. The van der Waals surface area contributed by atoms with Gasteiger partial charge in [-0.15, -0.1) is 0 Å². The number of nitrogens with one attached hydrogen (secondary N) is 1. The molecule has 0 spiro atoms. The predicted octanol–water partition coefficient (Wildman–Crippen LogP) is 1.97. The van der Waals surface area contributed by atoms with E-state index in [1.54, 1.807) is 29.8 Å². The van der Waals surface area contributed by atoms with E-state index in [4.69, 9.17) is 23.2 Å². The Balaban J connectivity index is 2.24. The first-order valence-corrected chi connectivity index (χ1v) is 9.47. The fourth-order valence-corrected chi connectivity index (χ4v) is 3.49. The molecule has 2 aromatic heterocycles. The summed E-state index contributed by atoms with van der Waals surface area (Å²) < 4.78 is 4.07. The maximum absolute atomic E-state index is 12.8. The first kappa shape index (κ1) is 20.4. The molecule has 0 fully saturated rings. The van der Waals surface area contributed by atoms with Crippen molar-refractivity contribution in [2.75, 3.05) is 11.9 Å². The van der Waals surface area contributed by atoms with Crippen LogP contribution in [0.25, 0.3) is 11.2 Å². The van der Waals surface area contributed by atoms with Crippen LogP contribution < -0.4 is 16.6 Å². The Kier molecular flexibility index (Phi) is 5.83. The number of aliphatic hydroxyl groups excluding tert-OH is 1. The second-order valence-electron chi connectivity index (χ2n) is 6.69. The van der Waals surface area contributed by atoms with Crippen molar-refractivity contribution in [2.24, 2.45) is 14.1 Å². The molecule has 150 valence electrons. The van der Waals surface area contributed by atoms with Gasteiger partial charge in [0.1, 0.15) is 0 Å². The molecule has 0 aliphatic rings. The van der Waals surface area contributed by atoms with Gasteiger partial charge in [-0.25, -0.2) is 4.79 Å². The lowest BCUT2D eigenvalue weighted by atomic mass is 10.2. The minimum absolute atomic E-state index is 0.0116. The van der Waals surface area contributed by atoms with Gasteiger partial charge in [0, 0.05) is 36.8 Å². The number of hydrogen-bond acceptors (Lipinski definition) is 5. The number of rotatable bonds is 6. The molecular formula is C18H21Cl2N5O3. The molecule has 0 aliphatic carbocycles. The smallest absolute Gasteiger partial charge is 0.332 e. The number of benzene rings is 1. The molecule has 0 unspecified atom stereocenters. The number of aliphatic hydroxyl groups is 1. The summed E-state index contributed by atoms with van der Waals surface area (Å²) in [5.41, 5.74) is 0.408. The molecule has 0 saturated carbocycles. The Morgan fingerprint density at radius 2 is 1.93 bits per heavy atom. The summed E-state index contributed by atoms with van der Waals surface area (Å²) in [6.07, 6.45) is 0.502. The Morgan fingerprint density at radius 1 is 1.21 bits per heavy atom. The second kappa shape index (κ2) is 7.98. The van der Waals surface area contributed by atoms with Crippen molar-refractivity contribution in [3.8, 4) is 0 Å². The summed E-state index contributed by atoms with van der Waals surface area (Å²) in [5.74, 6) is 0.417. The highest BCUT2D eigenvalue weighted by atomic mass is 35.5. The van der Waals surface area contributed by atoms with Crippen LogP contribution in [0.4, 0.5) is 5.95 Å². The van der Waals surface area contributed by atoms with Crippen molar-refractivity contribution in [3.05, 3.63) is 54.6 Å². The molecule has 2 N–H and O–H groups in total. The molecule has 0 bridgehead atoms. The molecule has 0 amide bonds. The minimum atomic E-state index is -0.457. The van der Waals surface area contributed by atoms with Crippen LogP contribution in [0.5, 0.6) is 0 Å². The Bertz CT molecular complexity index is 1150. The first-order chi connectivity index (χ1) is 13.2. The molecule has 0 radical (unpaired) electrons. The van der Waals surface area contributed by atoms with Crippen LogP contribution >= 0.6 is 23.2 Å². The average molecular weight is 426 g/mol. The molecule has 0 saturated heterocycles. The average Bonchev–Trinajstić information content (AvgIpc) is 2.99. The van der Waals surface area contributed by atoms with Crippen LogP contribution in [0.15, 0.2) is 27.8 Å². The van der Waals surface area contributed by atoms with E-state index in [1.165, 1.54) is 11.6 Å². The van der Waals surface area contributed by atoms with Gasteiger partial charge >= 0.3 is 5.69 Å². The van der Waals surface area contributed by atoms with Crippen molar-refractivity contribution >= 4 is 40.3 Å². The van der Waals surface area contributed by atoms with Gasteiger partial charge in [-0.3, -0.25) is 18.5 Å². The second-order valence-corrected chi connectivity index (χ2v) is 7.54. The standard InChI is InChI=1S/C18H21Cl2N5O3/c1-10(6-7-26)21-17-22-15-14(16(27)24(3)18(28)23(15)2)25(17)9-11-4-5-12(19)8-13(11)20/h4-5,8,10,26H,6-7,9H2,1-3H3,(H,21,22)/t10-/m0/s1. The van der Waals surface area contributed by atoms with Crippen LogP contribution in [-0.4, -0.2) is 36.4 Å². The van der Waals surface area contributed by atoms with Crippen LogP contribution in [0, 0.1) is 0 Å². The van der Waals surface area contributed by atoms with Gasteiger partial charge in [0.2, 0.25) is 5.95 Å². The number of imidazole rings is 1. The van der Waals surface area contributed by atoms with Crippen LogP contribution in [0.2, 0.25) is 10.0 Å². The number of anilines is 1. The summed E-state index contributed by atoms with van der Waals surface area (Å²) in [5, 5.41) is 13.4. The Labute approximate surface area is 170 Å². The van der Waals surface area contributed by atoms with Gasteiger partial charge in [0.25, 0.3) is 5.56 Å². The number of nitrogens with zero attached hydrogens (tertiary/aromatic N) is 4. The van der Waals surface area contributed by atoms with Gasteiger partial charge < -0.3 is 10.4 Å². The lowest BCUT2D eigenvalue weighted by molar-refractivity contribution is 0.282. The highest BCUT2D eigenvalue weighted by Gasteiger charge is 2.21. The molecule has 0 aliphatic heterocycles. The molecule has 1 atom stereocenters. The van der Waals surface area contributed by atoms with E-state index in [1.807, 2.05) is 6.92 Å². The molecule has 3 rings (SSSR count). The van der Waals surface area contributed by atoms with Gasteiger partial charge in [-0.05, 0) is 31.0 Å². The zero-order chi connectivity index (χ0) is 20.6. The van der Waals surface area contributed by atoms with Crippen molar-refractivity contribution in [3.63, 3.8) is 0 Å². The topological polar surface area (TPSA) is 94.1 Å². The summed E-state index contributed by atoms with van der Waals surface area (Å²) in [6, 6.07) is 5.04. The fourth-order valence-electron chi connectivity index (χ4n) is 3.02.